The second kappa shape index (κ2) is 4.33. The zero-order chi connectivity index (χ0) is 9.90. The minimum Gasteiger partial charge on any atom is -0.314 e. The third kappa shape index (κ3) is 3.56. The predicted molar refractivity (Wildman–Crippen MR) is 49.1 cm³/mol. The second-order valence-electron chi connectivity index (χ2n) is 3.68. The average molecular weight is 192 g/mol. The fourth-order valence-corrected chi connectivity index (χ4v) is 1.55. The molecule has 0 aliphatic heterocycles. The Balaban J connectivity index is 2.34. The number of hydrogen-bond donors (Lipinski definition) is 1. The van der Waals surface area contributed by atoms with Crippen LogP contribution in [-0.2, 0) is 0 Å². The number of hydrogen-bond acceptors (Lipinski definition) is 2. The van der Waals surface area contributed by atoms with Gasteiger partial charge in [-0.2, -0.15) is 0 Å². The van der Waals surface area contributed by atoms with Crippen molar-refractivity contribution in [2.24, 2.45) is 0 Å². The van der Waals surface area contributed by atoms with Gasteiger partial charge in [-0.05, 0) is 26.4 Å². The highest BCUT2D eigenvalue weighted by atomic mass is 19.3. The first-order valence-corrected chi connectivity index (χ1v) is 4.85. The summed E-state index contributed by atoms with van der Waals surface area (Å²) in [5.74, 6) is -2.59. The molecule has 1 saturated carbocycles. The lowest BCUT2D eigenvalue weighted by molar-refractivity contribution is -0.0300. The highest BCUT2D eigenvalue weighted by Crippen LogP contribution is 2.28. The maximum Gasteiger partial charge on any atom is 0.272 e. The summed E-state index contributed by atoms with van der Waals surface area (Å²) in [4.78, 5) is 1.87. The van der Waals surface area contributed by atoms with Gasteiger partial charge >= 0.3 is 0 Å². The summed E-state index contributed by atoms with van der Waals surface area (Å²) in [5, 5.41) is 2.52. The molecular weight excluding hydrogens is 174 g/mol. The fraction of sp³-hybridized carbons (Fsp3) is 1.00. The third-order valence-electron chi connectivity index (χ3n) is 2.34. The zero-order valence-electron chi connectivity index (χ0n) is 8.32. The van der Waals surface area contributed by atoms with Crippen LogP contribution in [0.1, 0.15) is 19.8 Å². The van der Waals surface area contributed by atoms with Gasteiger partial charge in [-0.25, -0.2) is 8.78 Å². The Hall–Kier alpha value is -0.220. The largest absolute Gasteiger partial charge is 0.314 e. The van der Waals surface area contributed by atoms with Gasteiger partial charge in [0.25, 0.3) is 5.92 Å². The Bertz CT molecular complexity index is 158. The number of halogens is 2. The Morgan fingerprint density at radius 3 is 2.46 bits per heavy atom. The fourth-order valence-electron chi connectivity index (χ4n) is 1.55. The van der Waals surface area contributed by atoms with Crippen molar-refractivity contribution in [2.75, 3.05) is 26.7 Å². The second-order valence-corrected chi connectivity index (χ2v) is 3.68. The summed E-state index contributed by atoms with van der Waals surface area (Å²) in [7, 11) is 1.56. The molecule has 0 amide bonds. The van der Waals surface area contributed by atoms with Crippen molar-refractivity contribution in [1.29, 1.82) is 0 Å². The van der Waals surface area contributed by atoms with Crippen LogP contribution in [0.4, 0.5) is 8.78 Å². The molecule has 1 aliphatic rings. The zero-order valence-corrected chi connectivity index (χ0v) is 8.32. The van der Waals surface area contributed by atoms with E-state index >= 15 is 0 Å². The minimum atomic E-state index is -2.59. The molecule has 4 heteroatoms. The van der Waals surface area contributed by atoms with Crippen LogP contribution in [0, 0.1) is 0 Å². The van der Waals surface area contributed by atoms with Crippen molar-refractivity contribution in [1.82, 2.24) is 10.2 Å². The molecule has 0 aromatic rings. The average Bonchev–Trinajstić information content (AvgIpc) is 2.82. The highest BCUT2D eigenvalue weighted by molar-refractivity contribution is 4.87. The first kappa shape index (κ1) is 10.9. The Kier molecular flexibility index (Phi) is 3.62. The Labute approximate surface area is 78.3 Å². The van der Waals surface area contributed by atoms with E-state index in [1.165, 1.54) is 0 Å². The lowest BCUT2D eigenvalue weighted by atomic mass is 10.3. The van der Waals surface area contributed by atoms with Crippen LogP contribution >= 0.6 is 0 Å². The first-order chi connectivity index (χ1) is 6.09. The van der Waals surface area contributed by atoms with E-state index in [-0.39, 0.29) is 13.1 Å². The van der Waals surface area contributed by atoms with Crippen molar-refractivity contribution < 1.29 is 8.78 Å². The van der Waals surface area contributed by atoms with Gasteiger partial charge in [0.1, 0.15) is 0 Å². The van der Waals surface area contributed by atoms with Crippen molar-refractivity contribution in [3.8, 4) is 0 Å². The molecule has 1 N–H and O–H groups in total. The number of nitrogens with zero attached hydrogens (tertiary/aromatic N) is 1. The molecule has 0 aromatic carbocycles. The maximum absolute atomic E-state index is 13.1. The van der Waals surface area contributed by atoms with Crippen LogP contribution in [0.25, 0.3) is 0 Å². The molecule has 78 valence electrons. The van der Waals surface area contributed by atoms with Gasteiger partial charge in [-0.3, -0.25) is 4.90 Å². The summed E-state index contributed by atoms with van der Waals surface area (Å²) >= 11 is 0. The smallest absolute Gasteiger partial charge is 0.272 e. The molecule has 1 rings (SSSR count). The molecule has 0 bridgehead atoms. The van der Waals surface area contributed by atoms with Gasteiger partial charge in [0.2, 0.25) is 0 Å². The van der Waals surface area contributed by atoms with Crippen molar-refractivity contribution >= 4 is 0 Å². The molecule has 0 radical (unpaired) electrons. The number of alkyl halides is 2. The van der Waals surface area contributed by atoms with E-state index in [0.717, 1.165) is 19.4 Å². The molecule has 0 heterocycles. The predicted octanol–water partition coefficient (Wildman–Crippen LogP) is 1.33. The number of rotatable bonds is 6. The van der Waals surface area contributed by atoms with Crippen LogP contribution in [-0.4, -0.2) is 43.5 Å². The monoisotopic (exact) mass is 192 g/mol. The molecule has 0 saturated heterocycles. The summed E-state index contributed by atoms with van der Waals surface area (Å²) in [6.45, 7) is 2.34. The van der Waals surface area contributed by atoms with Crippen LogP contribution in [0.5, 0.6) is 0 Å². The van der Waals surface area contributed by atoms with E-state index in [1.807, 2.05) is 11.8 Å². The van der Waals surface area contributed by atoms with E-state index in [2.05, 4.69) is 5.32 Å². The lowest BCUT2D eigenvalue weighted by Gasteiger charge is -2.25. The third-order valence-corrected chi connectivity index (χ3v) is 2.34. The maximum atomic E-state index is 13.1. The van der Waals surface area contributed by atoms with Crippen LogP contribution in [0.15, 0.2) is 0 Å². The van der Waals surface area contributed by atoms with Crippen LogP contribution in [0.2, 0.25) is 0 Å². The first-order valence-electron chi connectivity index (χ1n) is 4.85. The Morgan fingerprint density at radius 1 is 1.46 bits per heavy atom. The SMILES string of the molecule is CCN(CC(F)(F)CNC)C1CC1. The summed E-state index contributed by atoms with van der Waals surface area (Å²) in [6.07, 6.45) is 2.17. The van der Waals surface area contributed by atoms with Crippen molar-refractivity contribution in [3.63, 3.8) is 0 Å². The molecule has 0 unspecified atom stereocenters. The van der Waals surface area contributed by atoms with Crippen molar-refractivity contribution in [3.05, 3.63) is 0 Å². The van der Waals surface area contributed by atoms with Gasteiger partial charge < -0.3 is 5.32 Å². The van der Waals surface area contributed by atoms with E-state index in [4.69, 9.17) is 0 Å². The molecule has 0 spiro atoms. The van der Waals surface area contributed by atoms with Gasteiger partial charge in [0.15, 0.2) is 0 Å². The summed E-state index contributed by atoms with van der Waals surface area (Å²) < 4.78 is 26.3. The summed E-state index contributed by atoms with van der Waals surface area (Å²) in [5.41, 5.74) is 0. The van der Waals surface area contributed by atoms with Crippen LogP contribution < -0.4 is 5.32 Å². The lowest BCUT2D eigenvalue weighted by Crippen LogP contribution is -2.43. The quantitative estimate of drug-likeness (QED) is 0.683. The Morgan fingerprint density at radius 2 is 2.08 bits per heavy atom. The molecule has 1 fully saturated rings. The van der Waals surface area contributed by atoms with Gasteiger partial charge in [0, 0.05) is 6.04 Å². The molecule has 0 atom stereocenters. The van der Waals surface area contributed by atoms with Crippen molar-refractivity contribution in [2.45, 2.75) is 31.7 Å². The highest BCUT2D eigenvalue weighted by Gasteiger charge is 2.36. The van der Waals surface area contributed by atoms with E-state index in [1.54, 1.807) is 7.05 Å². The van der Waals surface area contributed by atoms with Gasteiger partial charge in [-0.15, -0.1) is 0 Å². The molecule has 0 aromatic heterocycles. The standard InChI is InChI=1S/C9H18F2N2/c1-3-13(8-4-5-8)7-9(10,11)6-12-2/h8,12H,3-7H2,1-2H3. The van der Waals surface area contributed by atoms with Gasteiger partial charge in [0.05, 0.1) is 13.1 Å². The van der Waals surface area contributed by atoms with E-state index in [0.29, 0.717) is 6.04 Å². The van der Waals surface area contributed by atoms with Gasteiger partial charge in [-0.1, -0.05) is 6.92 Å². The van der Waals surface area contributed by atoms with Crippen LogP contribution in [0.3, 0.4) is 0 Å². The topological polar surface area (TPSA) is 15.3 Å². The number of nitrogens with one attached hydrogen (secondary N) is 1. The molecular formula is C9H18F2N2. The summed E-state index contributed by atoms with van der Waals surface area (Å²) in [6, 6.07) is 0.424. The molecule has 1 aliphatic carbocycles. The minimum absolute atomic E-state index is 0.102. The van der Waals surface area contributed by atoms with E-state index in [9.17, 15) is 8.78 Å². The normalized spacial score (nSPS) is 18.2. The molecule has 2 nitrogen and oxygen atoms in total. The molecule has 13 heavy (non-hydrogen) atoms. The van der Waals surface area contributed by atoms with E-state index < -0.39 is 5.92 Å².